The van der Waals surface area contributed by atoms with Crippen LogP contribution in [0.15, 0.2) is 0 Å². The van der Waals surface area contributed by atoms with Gasteiger partial charge in [-0.2, -0.15) is 70.2 Å². The van der Waals surface area contributed by atoms with E-state index in [9.17, 15) is 79.0 Å². The second-order valence-corrected chi connectivity index (χ2v) is 5.56. The Morgan fingerprint density at radius 1 is 0.594 bits per heavy atom. The Bertz CT molecular complexity index is 568. The molecule has 3 atom stereocenters. The first-order valence-electron chi connectivity index (χ1n) is 7.10. The minimum atomic E-state index is -7.26. The predicted octanol–water partition coefficient (Wildman–Crippen LogP) is 6.90. The van der Waals surface area contributed by atoms with Gasteiger partial charge in [0.2, 0.25) is 6.10 Å². The van der Waals surface area contributed by atoms with Crippen molar-refractivity contribution in [2.45, 2.75) is 68.1 Å². The van der Waals surface area contributed by atoms with Crippen LogP contribution in [0.2, 0.25) is 0 Å². The quantitative estimate of drug-likeness (QED) is 0.335. The molecule has 0 aromatic carbocycles. The zero-order valence-electron chi connectivity index (χ0n) is 15.0. The van der Waals surface area contributed by atoms with Crippen LogP contribution in [-0.4, -0.2) is 62.0 Å². The van der Waals surface area contributed by atoms with E-state index in [4.69, 9.17) is 0 Å². The van der Waals surface area contributed by atoms with E-state index in [-0.39, 0.29) is 0 Å². The van der Waals surface area contributed by atoms with Gasteiger partial charge in [-0.3, -0.25) is 4.39 Å². The van der Waals surface area contributed by atoms with Crippen molar-refractivity contribution in [2.24, 2.45) is 0 Å². The minimum Gasteiger partial charge on any atom is -0.319 e. The number of hydrogen-bond donors (Lipinski definition) is 0. The van der Waals surface area contributed by atoms with Crippen molar-refractivity contribution < 1.29 is 88.5 Å². The Labute approximate surface area is 165 Å². The average Bonchev–Trinajstić information content (AvgIpc) is 2.49. The molecular weight excluding hydrogens is 518 g/mol. The lowest BCUT2D eigenvalue weighted by Crippen LogP contribution is -2.62. The Balaban J connectivity index is 0. The van der Waals surface area contributed by atoms with Crippen LogP contribution in [0.5, 0.6) is 0 Å². The summed E-state index contributed by atoms with van der Waals surface area (Å²) in [7, 11) is 0.500. The molecule has 0 bridgehead atoms. The molecule has 2 nitrogen and oxygen atoms in total. The van der Waals surface area contributed by atoms with Crippen LogP contribution in [0.4, 0.5) is 79.0 Å². The van der Waals surface area contributed by atoms with Crippen molar-refractivity contribution in [2.75, 3.05) is 7.18 Å². The summed E-state index contributed by atoms with van der Waals surface area (Å²) in [5, 5.41) is 0. The highest BCUT2D eigenvalue weighted by atomic mass is 19.4. The van der Waals surface area contributed by atoms with Crippen LogP contribution in [0, 0.1) is 0 Å². The molecule has 0 N–H and O–H groups in total. The van der Waals surface area contributed by atoms with Crippen LogP contribution in [0.1, 0.15) is 13.3 Å². The van der Waals surface area contributed by atoms with E-state index < -0.39 is 68.1 Å². The van der Waals surface area contributed by atoms with Crippen molar-refractivity contribution in [3.63, 3.8) is 0 Å². The van der Waals surface area contributed by atoms with Gasteiger partial charge in [0.1, 0.15) is 0 Å². The molecule has 0 radical (unpaired) electrons. The van der Waals surface area contributed by atoms with Gasteiger partial charge in [-0.05, 0) is 0 Å². The normalized spacial score (nSPS) is 18.4. The van der Waals surface area contributed by atoms with E-state index in [0.717, 1.165) is 0 Å². The summed E-state index contributed by atoms with van der Waals surface area (Å²) in [4.78, 5) is 0. The number of rotatable bonds is 7. The molecule has 0 saturated heterocycles. The molecule has 0 aliphatic rings. The second kappa shape index (κ2) is 9.88. The maximum absolute atomic E-state index is 13.6. The summed E-state index contributed by atoms with van der Waals surface area (Å²) in [5.41, 5.74) is 0. The fourth-order valence-electron chi connectivity index (χ4n) is 1.48. The zero-order chi connectivity index (χ0) is 26.8. The smallest absolute Gasteiger partial charge is 0.319 e. The summed E-state index contributed by atoms with van der Waals surface area (Å²) < 4.78 is 229. The number of hydrogen-bond acceptors (Lipinski definition) is 2. The van der Waals surface area contributed by atoms with Crippen LogP contribution in [-0.2, 0) is 9.47 Å². The molecule has 0 rings (SSSR count). The van der Waals surface area contributed by atoms with E-state index >= 15 is 0 Å². The predicted molar refractivity (Wildman–Crippen MR) is 65.0 cm³/mol. The van der Waals surface area contributed by atoms with Crippen molar-refractivity contribution in [3.8, 4) is 0 Å². The lowest BCUT2D eigenvalue weighted by molar-refractivity contribution is -0.454. The topological polar surface area (TPSA) is 18.5 Å². The Morgan fingerprint density at radius 2 is 0.969 bits per heavy atom. The molecule has 0 aliphatic heterocycles. The van der Waals surface area contributed by atoms with Gasteiger partial charge in [0.25, 0.3) is 0 Å². The molecule has 32 heavy (non-hydrogen) atoms. The molecule has 0 saturated carbocycles. The van der Waals surface area contributed by atoms with Gasteiger partial charge in [-0.15, -0.1) is 0 Å². The van der Waals surface area contributed by atoms with Crippen molar-refractivity contribution in [1.82, 2.24) is 0 Å². The summed E-state index contributed by atoms with van der Waals surface area (Å²) in [6.07, 6.45) is -47.3. The third-order valence-electron chi connectivity index (χ3n) is 2.93. The first-order valence-corrected chi connectivity index (χ1v) is 7.10. The van der Waals surface area contributed by atoms with E-state index in [0.29, 0.717) is 7.18 Å². The highest BCUT2D eigenvalue weighted by Crippen LogP contribution is 2.50. The third-order valence-corrected chi connectivity index (χ3v) is 2.93. The first kappa shape index (κ1) is 32.8. The molecule has 0 aromatic rings. The molecular formula is C12H10F18O2. The van der Waals surface area contributed by atoms with Gasteiger partial charge in [-0.25, -0.2) is 4.39 Å². The van der Waals surface area contributed by atoms with Crippen LogP contribution in [0.3, 0.4) is 0 Å². The van der Waals surface area contributed by atoms with E-state index in [1.165, 1.54) is 0 Å². The van der Waals surface area contributed by atoms with Crippen LogP contribution >= 0.6 is 0 Å². The SMILES string of the molecule is CC(F)(OC(C(F)(F)F)C(F)(F)C(F)(F)OC(CC(F)(F)F)C(F)(F)F)C(F)(F)F.CF. The highest BCUT2D eigenvalue weighted by molar-refractivity contribution is 4.94. The zero-order valence-corrected chi connectivity index (χ0v) is 15.0. The van der Waals surface area contributed by atoms with Gasteiger partial charge in [0.05, 0.1) is 13.6 Å². The lowest BCUT2D eigenvalue weighted by Gasteiger charge is -2.38. The lowest BCUT2D eigenvalue weighted by atomic mass is 10.1. The summed E-state index contributed by atoms with van der Waals surface area (Å²) in [6.45, 7) is -0.969. The Hall–Kier alpha value is -1.34. The van der Waals surface area contributed by atoms with Crippen molar-refractivity contribution in [1.29, 1.82) is 0 Å². The first-order chi connectivity index (χ1) is 13.7. The molecule has 0 aromatic heterocycles. The van der Waals surface area contributed by atoms with Gasteiger partial charge in [0.15, 0.2) is 6.10 Å². The van der Waals surface area contributed by atoms with E-state index in [1.807, 2.05) is 0 Å². The highest BCUT2D eigenvalue weighted by Gasteiger charge is 2.75. The summed E-state index contributed by atoms with van der Waals surface area (Å²) in [5.74, 6) is -13.0. The molecule has 0 fully saturated rings. The van der Waals surface area contributed by atoms with E-state index in [1.54, 1.807) is 0 Å². The number of alkyl halides is 18. The van der Waals surface area contributed by atoms with Gasteiger partial charge >= 0.3 is 42.6 Å². The van der Waals surface area contributed by atoms with Crippen LogP contribution in [0.25, 0.3) is 0 Å². The Kier molecular flexibility index (Phi) is 10.1. The van der Waals surface area contributed by atoms with Gasteiger partial charge in [-0.1, -0.05) is 0 Å². The molecule has 0 aliphatic carbocycles. The molecule has 3 unspecified atom stereocenters. The number of halogens is 18. The molecule has 196 valence electrons. The molecule has 20 heteroatoms. The fraction of sp³-hybridized carbons (Fsp3) is 1.00. The minimum absolute atomic E-state index is 0.500. The largest absolute Gasteiger partial charge is 0.448 e. The molecule has 0 heterocycles. The molecule has 0 spiro atoms. The molecule has 0 amide bonds. The van der Waals surface area contributed by atoms with Gasteiger partial charge in [0, 0.05) is 6.92 Å². The average molecular weight is 528 g/mol. The summed E-state index contributed by atoms with van der Waals surface area (Å²) in [6, 6.07) is 0. The fourth-order valence-corrected chi connectivity index (χ4v) is 1.48. The Morgan fingerprint density at radius 3 is 1.22 bits per heavy atom. The van der Waals surface area contributed by atoms with Crippen molar-refractivity contribution in [3.05, 3.63) is 0 Å². The van der Waals surface area contributed by atoms with E-state index in [2.05, 4.69) is 9.47 Å². The second-order valence-electron chi connectivity index (χ2n) is 5.56. The maximum atomic E-state index is 13.6. The van der Waals surface area contributed by atoms with Crippen molar-refractivity contribution >= 4 is 0 Å². The standard InChI is InChI=1S/C11H7F17O2.CH3F/c1-5(12,10(24,25)26)30-4(9(21,22)23)7(16,17)11(27,28)29-3(8(18,19)20)2-6(13,14)15;1-2/h3-4H,2H2,1H3;1H3. The monoisotopic (exact) mass is 528 g/mol. The summed E-state index contributed by atoms with van der Waals surface area (Å²) >= 11 is 0. The maximum Gasteiger partial charge on any atom is 0.448 e. The van der Waals surface area contributed by atoms with Gasteiger partial charge < -0.3 is 9.47 Å². The van der Waals surface area contributed by atoms with Crippen LogP contribution < -0.4 is 0 Å². The third kappa shape index (κ3) is 8.89. The number of ether oxygens (including phenoxy) is 2.